The summed E-state index contributed by atoms with van der Waals surface area (Å²) in [5.74, 6) is -2.55. The highest BCUT2D eigenvalue weighted by molar-refractivity contribution is 6.58. The molecule has 2 aromatic rings. The minimum Gasteiger partial charge on any atom is -0.508 e. The summed E-state index contributed by atoms with van der Waals surface area (Å²) >= 11 is 13.8. The number of aromatic hydroxyl groups is 1. The van der Waals surface area contributed by atoms with Crippen LogP contribution in [0.5, 0.6) is 5.75 Å². The molecule has 29 heavy (non-hydrogen) atoms. The summed E-state index contributed by atoms with van der Waals surface area (Å²) in [4.78, 5) is 24.2. The first-order valence-corrected chi connectivity index (χ1v) is 9.63. The van der Waals surface area contributed by atoms with E-state index in [4.69, 9.17) is 23.2 Å². The van der Waals surface area contributed by atoms with Crippen LogP contribution in [0.25, 0.3) is 0 Å². The molecule has 2 aromatic carbocycles. The number of rotatable bonds is 3. The molecule has 2 amide bonds. The monoisotopic (exact) mass is 431 g/mol. The van der Waals surface area contributed by atoms with E-state index in [2.05, 4.69) is 6.58 Å². The molecule has 0 aromatic heterocycles. The van der Waals surface area contributed by atoms with E-state index in [-0.39, 0.29) is 17.9 Å². The summed E-state index contributed by atoms with van der Waals surface area (Å²) in [6, 6.07) is 11.2. The number of hydrogen-bond acceptors (Lipinski definition) is 3. The maximum absolute atomic E-state index is 13.6. The Labute approximate surface area is 176 Å². The van der Waals surface area contributed by atoms with Crippen molar-refractivity contribution in [3.05, 3.63) is 84.2 Å². The van der Waals surface area contributed by atoms with Crippen LogP contribution in [0.2, 0.25) is 0 Å². The third kappa shape index (κ3) is 2.65. The molecule has 1 heterocycles. The van der Waals surface area contributed by atoms with Crippen molar-refractivity contribution in [2.24, 2.45) is 0 Å². The molecule has 7 heteroatoms. The number of allylic oxidation sites excluding steroid dienone is 3. The zero-order chi connectivity index (χ0) is 21.0. The summed E-state index contributed by atoms with van der Waals surface area (Å²) < 4.78 is 13.3. The minimum atomic E-state index is -1.82. The van der Waals surface area contributed by atoms with E-state index in [9.17, 15) is 19.1 Å². The van der Waals surface area contributed by atoms with Crippen LogP contribution in [-0.4, -0.2) is 26.7 Å². The molecule has 4 rings (SSSR count). The maximum Gasteiger partial charge on any atom is 0.258 e. The predicted molar refractivity (Wildman–Crippen MR) is 110 cm³/mol. The van der Waals surface area contributed by atoms with Gasteiger partial charge in [-0.05, 0) is 54.0 Å². The zero-order valence-electron chi connectivity index (χ0n) is 15.1. The van der Waals surface area contributed by atoms with E-state index in [1.54, 1.807) is 24.3 Å². The fraction of sp³-hybridized carbons (Fsp3) is 0.182. The number of carbonyl (C=O) groups is 2. The van der Waals surface area contributed by atoms with Crippen molar-refractivity contribution in [3.8, 4) is 5.75 Å². The third-order valence-electron chi connectivity index (χ3n) is 5.53. The second kappa shape index (κ2) is 6.71. The normalized spacial score (nSPS) is 28.9. The summed E-state index contributed by atoms with van der Waals surface area (Å²) in [7, 11) is 0. The smallest absolute Gasteiger partial charge is 0.258 e. The first kappa shape index (κ1) is 19.7. The lowest BCUT2D eigenvalue weighted by Crippen LogP contribution is -2.54. The molecule has 1 fully saturated rings. The number of anilines is 1. The minimum absolute atomic E-state index is 0.0380. The van der Waals surface area contributed by atoms with Gasteiger partial charge in [-0.25, -0.2) is 9.29 Å². The SMILES string of the molecule is C=CC1=CC[C@@]2(Cl)C(=O)N(c3ccc(F)cc3)C(=O)[C@@]2(Cl)[C@H]1c1ccc(O)cc1. The number of phenols is 1. The predicted octanol–water partition coefficient (Wildman–Crippen LogP) is 4.66. The van der Waals surface area contributed by atoms with Gasteiger partial charge in [0.1, 0.15) is 11.6 Å². The van der Waals surface area contributed by atoms with Crippen LogP contribution in [0.1, 0.15) is 17.9 Å². The Balaban J connectivity index is 1.91. The quantitative estimate of drug-likeness (QED) is 0.567. The van der Waals surface area contributed by atoms with Gasteiger partial charge in [0.2, 0.25) is 0 Å². The number of phenolic OH excluding ortho intramolecular Hbond substituents is 1. The number of imide groups is 1. The first-order valence-electron chi connectivity index (χ1n) is 8.88. The van der Waals surface area contributed by atoms with Gasteiger partial charge in [-0.2, -0.15) is 0 Å². The van der Waals surface area contributed by atoms with Crippen LogP contribution in [-0.2, 0) is 9.59 Å². The number of carbonyl (C=O) groups excluding carboxylic acids is 2. The molecule has 0 unspecified atom stereocenters. The Kier molecular flexibility index (Phi) is 4.56. The molecule has 4 nitrogen and oxygen atoms in total. The van der Waals surface area contributed by atoms with E-state index < -0.39 is 33.3 Å². The van der Waals surface area contributed by atoms with Crippen LogP contribution < -0.4 is 4.90 Å². The van der Waals surface area contributed by atoms with Gasteiger partial charge < -0.3 is 5.11 Å². The maximum atomic E-state index is 13.6. The van der Waals surface area contributed by atoms with Gasteiger partial charge >= 0.3 is 0 Å². The fourth-order valence-electron chi connectivity index (χ4n) is 4.07. The largest absolute Gasteiger partial charge is 0.508 e. The average molecular weight is 432 g/mol. The summed E-state index contributed by atoms with van der Waals surface area (Å²) in [5, 5.41) is 9.63. The Morgan fingerprint density at radius 2 is 1.69 bits per heavy atom. The Morgan fingerprint density at radius 1 is 1.07 bits per heavy atom. The second-order valence-corrected chi connectivity index (χ2v) is 8.31. The molecular formula is C22H16Cl2FNO3. The highest BCUT2D eigenvalue weighted by atomic mass is 35.5. The highest BCUT2D eigenvalue weighted by Crippen LogP contribution is 2.59. The van der Waals surface area contributed by atoms with Gasteiger partial charge in [0, 0.05) is 5.92 Å². The molecule has 2 aliphatic rings. The number of hydrogen-bond donors (Lipinski definition) is 1. The molecule has 0 spiro atoms. The number of halogens is 3. The van der Waals surface area contributed by atoms with Gasteiger partial charge in [0.25, 0.3) is 11.8 Å². The Hall–Kier alpha value is -2.63. The second-order valence-electron chi connectivity index (χ2n) is 7.07. The van der Waals surface area contributed by atoms with Crippen molar-refractivity contribution in [3.63, 3.8) is 0 Å². The van der Waals surface area contributed by atoms with Gasteiger partial charge in [-0.1, -0.05) is 30.9 Å². The molecule has 0 saturated carbocycles. The molecule has 1 N–H and O–H groups in total. The lowest BCUT2D eigenvalue weighted by Gasteiger charge is -2.42. The van der Waals surface area contributed by atoms with Gasteiger partial charge in [0.15, 0.2) is 9.75 Å². The van der Waals surface area contributed by atoms with Crippen LogP contribution >= 0.6 is 23.2 Å². The van der Waals surface area contributed by atoms with E-state index >= 15 is 0 Å². The third-order valence-corrected chi connectivity index (χ3v) is 6.94. The van der Waals surface area contributed by atoms with Crippen LogP contribution in [0.4, 0.5) is 10.1 Å². The van der Waals surface area contributed by atoms with E-state index in [1.807, 2.05) is 0 Å². The molecule has 148 valence electrons. The Morgan fingerprint density at radius 3 is 2.28 bits per heavy atom. The first-order chi connectivity index (χ1) is 13.7. The summed E-state index contributed by atoms with van der Waals surface area (Å²) in [6.07, 6.45) is 3.37. The molecule has 1 saturated heterocycles. The van der Waals surface area contributed by atoms with E-state index in [1.165, 1.54) is 24.3 Å². The molecule has 3 atom stereocenters. The Bertz CT molecular complexity index is 1050. The van der Waals surface area contributed by atoms with E-state index in [0.29, 0.717) is 11.1 Å². The molecular weight excluding hydrogens is 416 g/mol. The molecule has 0 bridgehead atoms. The average Bonchev–Trinajstić information content (AvgIpc) is 2.86. The lowest BCUT2D eigenvalue weighted by atomic mass is 9.68. The number of amides is 2. The number of fused-ring (bicyclic) bond motifs is 1. The van der Waals surface area contributed by atoms with Crippen molar-refractivity contribution in [1.82, 2.24) is 0 Å². The topological polar surface area (TPSA) is 57.6 Å². The number of alkyl halides is 2. The van der Waals surface area contributed by atoms with Crippen LogP contribution in [0.15, 0.2) is 72.8 Å². The molecule has 1 aliphatic carbocycles. The van der Waals surface area contributed by atoms with E-state index in [0.717, 1.165) is 17.0 Å². The van der Waals surface area contributed by atoms with Gasteiger partial charge in [-0.3, -0.25) is 9.59 Å². The summed E-state index contributed by atoms with van der Waals surface area (Å²) in [5.41, 5.74) is 1.46. The van der Waals surface area contributed by atoms with Crippen molar-refractivity contribution in [2.45, 2.75) is 22.1 Å². The highest BCUT2D eigenvalue weighted by Gasteiger charge is 2.73. The standard InChI is InChI=1S/C22H16Cl2FNO3/c1-2-13-11-12-21(23)19(28)26(16-7-5-15(25)6-8-16)20(29)22(21,24)18(13)14-3-9-17(27)10-4-14/h2-11,18,27H,1,12H2/t18-,21-,22+/m1/s1. The zero-order valence-corrected chi connectivity index (χ0v) is 16.6. The summed E-state index contributed by atoms with van der Waals surface area (Å²) in [6.45, 7) is 3.81. The van der Waals surface area contributed by atoms with Crippen LogP contribution in [0.3, 0.4) is 0 Å². The van der Waals surface area contributed by atoms with Gasteiger partial charge in [-0.15, -0.1) is 23.2 Å². The van der Waals surface area contributed by atoms with Crippen molar-refractivity contribution in [1.29, 1.82) is 0 Å². The number of nitrogens with zero attached hydrogens (tertiary/aromatic N) is 1. The fourth-order valence-corrected chi connectivity index (χ4v) is 4.91. The van der Waals surface area contributed by atoms with Crippen molar-refractivity contribution in [2.75, 3.05) is 4.90 Å². The molecule has 0 radical (unpaired) electrons. The van der Waals surface area contributed by atoms with Crippen molar-refractivity contribution < 1.29 is 19.1 Å². The van der Waals surface area contributed by atoms with Crippen LogP contribution in [0, 0.1) is 5.82 Å². The number of benzene rings is 2. The lowest BCUT2D eigenvalue weighted by molar-refractivity contribution is -0.122. The van der Waals surface area contributed by atoms with Gasteiger partial charge in [0.05, 0.1) is 5.69 Å². The van der Waals surface area contributed by atoms with Crippen molar-refractivity contribution >= 4 is 40.7 Å². The molecule has 1 aliphatic heterocycles.